The van der Waals surface area contributed by atoms with Gasteiger partial charge >= 0.3 is 29.6 Å². The van der Waals surface area contributed by atoms with Crippen LogP contribution in [0.5, 0.6) is 0 Å². The van der Waals surface area contributed by atoms with E-state index in [9.17, 15) is 19.2 Å². The van der Waals surface area contributed by atoms with E-state index in [0.717, 1.165) is 51.8 Å². The van der Waals surface area contributed by atoms with E-state index in [-0.39, 0.29) is 99.4 Å². The van der Waals surface area contributed by atoms with Gasteiger partial charge in [-0.05, 0) is 114 Å². The van der Waals surface area contributed by atoms with Crippen LogP contribution in [0.25, 0.3) is 22.3 Å². The van der Waals surface area contributed by atoms with Gasteiger partial charge in [0.25, 0.3) is 0 Å². The third-order valence-corrected chi connectivity index (χ3v) is 11.6. The van der Waals surface area contributed by atoms with Gasteiger partial charge in [-0.15, -0.1) is 12.4 Å². The monoisotopic (exact) mass is 970 g/mol. The molecule has 2 fully saturated rings. The Kier molecular flexibility index (Phi) is 20.8. The number of amides is 2. The molecule has 69 heavy (non-hydrogen) atoms. The molecule has 8 rings (SSSR count). The molecule has 18 heteroatoms. The number of anilines is 2. The molecule has 4 aromatic heterocycles. The van der Waals surface area contributed by atoms with Crippen LogP contribution in [0.3, 0.4) is 0 Å². The number of hydrogen-bond donors (Lipinski definition) is 3. The molecule has 6 aromatic rings. The zero-order chi connectivity index (χ0) is 47.9. The molecule has 0 aliphatic heterocycles. The van der Waals surface area contributed by atoms with E-state index in [1.54, 1.807) is 18.7 Å². The second-order valence-electron chi connectivity index (χ2n) is 19.3. The normalized spacial score (nSPS) is 16.6. The molecule has 362 valence electrons. The number of aromatic nitrogens is 6. The first kappa shape index (κ1) is 57.8. The Balaban J connectivity index is 0.000000302. The van der Waals surface area contributed by atoms with E-state index in [0.29, 0.717) is 54.6 Å². The molecule has 0 spiro atoms. The van der Waals surface area contributed by atoms with Gasteiger partial charge in [-0.3, -0.25) is 14.4 Å². The van der Waals surface area contributed by atoms with Gasteiger partial charge in [0.1, 0.15) is 11.6 Å². The van der Waals surface area contributed by atoms with Crippen molar-refractivity contribution in [1.82, 2.24) is 30.2 Å². The number of carbonyl (C=O) groups is 3. The van der Waals surface area contributed by atoms with Gasteiger partial charge < -0.3 is 35.7 Å². The molecule has 2 aromatic carbocycles. The second-order valence-corrected chi connectivity index (χ2v) is 19.3. The summed E-state index contributed by atoms with van der Waals surface area (Å²) in [5.41, 5.74) is 13.9. The van der Waals surface area contributed by atoms with E-state index in [1.165, 1.54) is 5.56 Å². The fraction of sp³-hybridized carbons (Fsp3) is 0.412. The third-order valence-electron chi connectivity index (χ3n) is 11.6. The maximum Gasteiger partial charge on any atom is 1.00 e. The van der Waals surface area contributed by atoms with E-state index in [1.807, 2.05) is 84.9 Å². The maximum absolute atomic E-state index is 12.5. The summed E-state index contributed by atoms with van der Waals surface area (Å²) in [6.45, 7) is 20.5. The number of nitrogens with one attached hydrogen (secondary N) is 2. The minimum atomic E-state index is -0.288. The molecule has 0 unspecified atom stereocenters. The minimum absolute atomic E-state index is 0. The Morgan fingerprint density at radius 1 is 0.696 bits per heavy atom. The van der Waals surface area contributed by atoms with Crippen LogP contribution in [0.15, 0.2) is 82.1 Å². The van der Waals surface area contributed by atoms with Crippen molar-refractivity contribution in [2.24, 2.45) is 29.4 Å². The summed E-state index contributed by atoms with van der Waals surface area (Å²) < 4.78 is 10.0. The number of aryl methyl sites for hydroxylation is 3. The summed E-state index contributed by atoms with van der Waals surface area (Å²) in [5.74, 6) is 3.41. The summed E-state index contributed by atoms with van der Waals surface area (Å²) in [6.07, 6.45) is 7.83. The number of halogens is 1. The summed E-state index contributed by atoms with van der Waals surface area (Å²) in [7, 11) is 0. The summed E-state index contributed by atoms with van der Waals surface area (Å²) in [5, 5.41) is 13.1. The maximum atomic E-state index is 12.5. The SMILES string of the molecule is CC(C)(C)c1nc([C-]=O)no1.Cc1cc(-c2ccnc(NC(=O)[C@H]3C[C@@H]3C)c2)ccc1CCC(=O)c1noc(C(C)(C)C)n1.Cc1cc(-c2ccnc(NC(=O)[C@H]3C[C@@H]3C)c2)ccc1CN.Cl.[Na+].[OH-]. The van der Waals surface area contributed by atoms with Gasteiger partial charge in [-0.1, -0.05) is 102 Å². The largest absolute Gasteiger partial charge is 1.00 e. The van der Waals surface area contributed by atoms with Crippen molar-refractivity contribution in [1.29, 1.82) is 0 Å². The fourth-order valence-electron chi connectivity index (χ4n) is 7.00. The molecule has 0 radical (unpaired) electrons. The number of rotatable bonds is 12. The topological polar surface area (TPSA) is 252 Å². The number of Topliss-reactive ketones (excluding diaryl/α,β-unsaturated/α-hetero) is 1. The smallest absolute Gasteiger partial charge is 0.870 e. The van der Waals surface area contributed by atoms with Crippen LogP contribution in [-0.2, 0) is 38.2 Å². The molecule has 16 nitrogen and oxygen atoms in total. The number of hydrogen-bond acceptors (Lipinski definition) is 14. The number of nitrogens with zero attached hydrogens (tertiary/aromatic N) is 6. The van der Waals surface area contributed by atoms with Crippen LogP contribution in [0.4, 0.5) is 11.6 Å². The summed E-state index contributed by atoms with van der Waals surface area (Å²) in [6, 6.07) is 20.1. The first-order chi connectivity index (χ1) is 31.2. The zero-order valence-electron chi connectivity index (χ0n) is 41.3. The molecule has 2 aliphatic rings. The van der Waals surface area contributed by atoms with Crippen LogP contribution in [0.1, 0.15) is 125 Å². The number of ketones is 1. The van der Waals surface area contributed by atoms with Crippen molar-refractivity contribution in [3.05, 3.63) is 119 Å². The van der Waals surface area contributed by atoms with E-state index in [4.69, 9.17) is 14.8 Å². The van der Waals surface area contributed by atoms with Crippen molar-refractivity contribution >= 4 is 47.9 Å². The quantitative estimate of drug-likeness (QED) is 0.0689. The Bertz CT molecular complexity index is 2710. The van der Waals surface area contributed by atoms with E-state index in [2.05, 4.69) is 85.9 Å². The third kappa shape index (κ3) is 16.0. The molecule has 4 heterocycles. The molecular weight excluding hydrogens is 909 g/mol. The van der Waals surface area contributed by atoms with E-state index >= 15 is 0 Å². The number of nitrogens with two attached hydrogens (primary N) is 1. The second kappa shape index (κ2) is 24.9. The van der Waals surface area contributed by atoms with Crippen LogP contribution < -0.4 is 45.9 Å². The summed E-state index contributed by atoms with van der Waals surface area (Å²) in [4.78, 5) is 63.4. The van der Waals surface area contributed by atoms with Crippen LogP contribution in [0.2, 0.25) is 0 Å². The summed E-state index contributed by atoms with van der Waals surface area (Å²) >= 11 is 0. The van der Waals surface area contributed by atoms with Crippen molar-refractivity contribution in [2.75, 3.05) is 10.6 Å². The first-order valence-electron chi connectivity index (χ1n) is 22.3. The van der Waals surface area contributed by atoms with Gasteiger partial charge in [0, 0.05) is 48.0 Å². The molecule has 5 N–H and O–H groups in total. The van der Waals surface area contributed by atoms with E-state index < -0.39 is 0 Å². The van der Waals surface area contributed by atoms with Crippen LogP contribution in [-0.4, -0.2) is 59.6 Å². The standard InChI is InChI=1S/C26H30N4O3.C18H21N3O.C7H9N2O2.ClH.Na.H2O/c1-15-12-18(19-10-11-27-22(14-19)28-24(32)20-13-16(20)2)7-6-17(15)8-9-21(31)23-29-25(33-30-23)26(3,4)5;1-11-7-13(3-4-15(11)10-19)14-5-6-20-17(9-14)21-18(22)16-8-12(16)2;1-7(2,3)6-8-5(4-10)9-11-6;;;/h6-7,10-12,14,16,20H,8-9,13H2,1-5H3,(H,27,28,32);3-7,9,12,16H,8,10,19H2,1-2H3,(H,20,21,22);1-3H3;1H;;1H2/q;;-1;;+1;/p-1/t16-,20-;12-,16-;;;;/m00..../s1. The fourth-order valence-corrected chi connectivity index (χ4v) is 7.00. The van der Waals surface area contributed by atoms with Crippen molar-refractivity contribution in [3.8, 4) is 22.3 Å². The minimum Gasteiger partial charge on any atom is -0.870 e. The zero-order valence-corrected chi connectivity index (χ0v) is 44.2. The Hall–Kier alpha value is -5.49. The average molecular weight is 972 g/mol. The number of carbonyl (C=O) groups excluding carboxylic acids is 4. The van der Waals surface area contributed by atoms with Gasteiger partial charge in [-0.2, -0.15) is 11.3 Å². The molecule has 4 atom stereocenters. The molecule has 2 saturated carbocycles. The van der Waals surface area contributed by atoms with Crippen molar-refractivity contribution < 1.29 is 63.3 Å². The molecular formula is C51H62ClN9NaO7-. The Morgan fingerprint density at radius 3 is 1.51 bits per heavy atom. The van der Waals surface area contributed by atoms with Gasteiger partial charge in [-0.25, -0.2) is 15.0 Å². The van der Waals surface area contributed by atoms with Crippen LogP contribution in [0, 0.1) is 37.5 Å². The predicted molar refractivity (Wildman–Crippen MR) is 261 cm³/mol. The first-order valence-corrected chi connectivity index (χ1v) is 22.3. The number of benzene rings is 2. The number of pyridine rings is 2. The van der Waals surface area contributed by atoms with Crippen molar-refractivity contribution in [2.45, 2.75) is 112 Å². The van der Waals surface area contributed by atoms with Gasteiger partial charge in [0.05, 0.1) is 5.82 Å². The van der Waals surface area contributed by atoms with Gasteiger partial charge in [0.2, 0.25) is 35.2 Å². The average Bonchev–Trinajstić information content (AvgIpc) is 4.01. The van der Waals surface area contributed by atoms with Crippen molar-refractivity contribution in [3.63, 3.8) is 0 Å². The Morgan fingerprint density at radius 2 is 1.13 bits per heavy atom. The molecule has 0 bridgehead atoms. The van der Waals surface area contributed by atoms with Crippen LogP contribution >= 0.6 is 12.4 Å². The molecule has 0 saturated heterocycles. The molecule has 2 aliphatic carbocycles. The molecule has 2 amide bonds. The van der Waals surface area contributed by atoms with Gasteiger partial charge in [0.15, 0.2) is 0 Å². The predicted octanol–water partition coefficient (Wildman–Crippen LogP) is 6.33. The Labute approximate surface area is 432 Å².